The van der Waals surface area contributed by atoms with Gasteiger partial charge in [-0.2, -0.15) is 0 Å². The maximum Gasteiger partial charge on any atom is 0.243 e. The zero-order valence-corrected chi connectivity index (χ0v) is 7.61. The number of rotatable bonds is 4. The van der Waals surface area contributed by atoms with Gasteiger partial charge in [0, 0.05) is 13.6 Å². The number of amides is 1. The fourth-order valence-electron chi connectivity index (χ4n) is 0.798. The smallest absolute Gasteiger partial charge is 0.243 e. The zero-order chi connectivity index (χ0) is 9.68. The first kappa shape index (κ1) is 9.43. The molecule has 0 aromatic carbocycles. The zero-order valence-electron chi connectivity index (χ0n) is 7.61. The SMILES string of the molecule is CCNC(=O)CNc1nnnn1C. The molecule has 0 radical (unpaired) electrons. The molecule has 0 unspecified atom stereocenters. The van der Waals surface area contributed by atoms with E-state index >= 15 is 0 Å². The minimum absolute atomic E-state index is 0.0782. The third-order valence-corrected chi connectivity index (χ3v) is 1.40. The summed E-state index contributed by atoms with van der Waals surface area (Å²) in [6.07, 6.45) is 0. The summed E-state index contributed by atoms with van der Waals surface area (Å²) in [7, 11) is 1.69. The Balaban J connectivity index is 2.35. The molecule has 0 spiro atoms. The maximum atomic E-state index is 11.0. The van der Waals surface area contributed by atoms with Gasteiger partial charge in [-0.05, 0) is 17.4 Å². The molecule has 13 heavy (non-hydrogen) atoms. The molecule has 1 heterocycles. The lowest BCUT2D eigenvalue weighted by molar-refractivity contribution is -0.119. The molecule has 0 bridgehead atoms. The number of likely N-dealkylation sites (N-methyl/N-ethyl adjacent to an activating group) is 1. The van der Waals surface area contributed by atoms with E-state index in [2.05, 4.69) is 26.2 Å². The second-order valence-corrected chi connectivity index (χ2v) is 2.43. The van der Waals surface area contributed by atoms with Crippen molar-refractivity contribution in [3.05, 3.63) is 0 Å². The topological polar surface area (TPSA) is 84.7 Å². The highest BCUT2D eigenvalue weighted by Gasteiger charge is 2.03. The van der Waals surface area contributed by atoms with Gasteiger partial charge in [-0.1, -0.05) is 5.10 Å². The van der Waals surface area contributed by atoms with Gasteiger partial charge in [0.25, 0.3) is 0 Å². The molecule has 72 valence electrons. The van der Waals surface area contributed by atoms with E-state index in [4.69, 9.17) is 0 Å². The summed E-state index contributed by atoms with van der Waals surface area (Å²) < 4.78 is 1.46. The summed E-state index contributed by atoms with van der Waals surface area (Å²) in [6, 6.07) is 0. The molecule has 1 amide bonds. The highest BCUT2D eigenvalue weighted by atomic mass is 16.1. The van der Waals surface area contributed by atoms with E-state index in [1.54, 1.807) is 7.05 Å². The normalized spacial score (nSPS) is 9.69. The van der Waals surface area contributed by atoms with E-state index in [0.29, 0.717) is 12.5 Å². The van der Waals surface area contributed by atoms with Gasteiger partial charge >= 0.3 is 0 Å². The Morgan fingerprint density at radius 1 is 1.62 bits per heavy atom. The molecule has 2 N–H and O–H groups in total. The molecule has 1 aromatic rings. The molecular formula is C6H12N6O. The van der Waals surface area contributed by atoms with Crippen LogP contribution in [-0.4, -0.2) is 39.2 Å². The fourth-order valence-corrected chi connectivity index (χ4v) is 0.798. The number of aromatic nitrogens is 4. The number of carbonyl (C=O) groups excluding carboxylic acids is 1. The van der Waals surface area contributed by atoms with E-state index in [9.17, 15) is 4.79 Å². The van der Waals surface area contributed by atoms with Gasteiger partial charge in [0.05, 0.1) is 6.54 Å². The predicted molar refractivity (Wildman–Crippen MR) is 46.0 cm³/mol. The van der Waals surface area contributed by atoms with Gasteiger partial charge in [0.15, 0.2) is 0 Å². The Morgan fingerprint density at radius 3 is 2.92 bits per heavy atom. The van der Waals surface area contributed by atoms with Crippen LogP contribution in [0.15, 0.2) is 0 Å². The van der Waals surface area contributed by atoms with E-state index in [1.165, 1.54) is 4.68 Å². The molecule has 0 atom stereocenters. The van der Waals surface area contributed by atoms with Gasteiger partial charge in [-0.25, -0.2) is 4.68 Å². The van der Waals surface area contributed by atoms with Gasteiger partial charge < -0.3 is 10.6 Å². The van der Waals surface area contributed by atoms with Gasteiger partial charge in [-0.15, -0.1) is 0 Å². The van der Waals surface area contributed by atoms with Crippen LogP contribution < -0.4 is 10.6 Å². The number of carbonyl (C=O) groups is 1. The Bertz CT molecular complexity index is 282. The molecule has 0 aliphatic carbocycles. The van der Waals surface area contributed by atoms with Crippen molar-refractivity contribution in [1.29, 1.82) is 0 Å². The van der Waals surface area contributed by atoms with Crippen molar-refractivity contribution in [2.24, 2.45) is 7.05 Å². The van der Waals surface area contributed by atoms with Crippen molar-refractivity contribution >= 4 is 11.9 Å². The first-order chi connectivity index (χ1) is 6.24. The van der Waals surface area contributed by atoms with Crippen molar-refractivity contribution in [3.63, 3.8) is 0 Å². The Hall–Kier alpha value is -1.66. The average molecular weight is 184 g/mol. The van der Waals surface area contributed by atoms with Crippen molar-refractivity contribution < 1.29 is 4.79 Å². The summed E-state index contributed by atoms with van der Waals surface area (Å²) in [4.78, 5) is 11.0. The minimum atomic E-state index is -0.0782. The van der Waals surface area contributed by atoms with E-state index in [1.807, 2.05) is 6.92 Å². The first-order valence-corrected chi connectivity index (χ1v) is 3.97. The number of tetrazole rings is 1. The van der Waals surface area contributed by atoms with Gasteiger partial charge in [-0.3, -0.25) is 4.79 Å². The van der Waals surface area contributed by atoms with Gasteiger partial charge in [0.1, 0.15) is 0 Å². The Labute approximate surface area is 75.5 Å². The molecule has 7 nitrogen and oxygen atoms in total. The number of hydrogen-bond acceptors (Lipinski definition) is 5. The van der Waals surface area contributed by atoms with Crippen LogP contribution in [0.4, 0.5) is 5.95 Å². The van der Waals surface area contributed by atoms with Crippen molar-refractivity contribution in [1.82, 2.24) is 25.5 Å². The summed E-state index contributed by atoms with van der Waals surface area (Å²) >= 11 is 0. The summed E-state index contributed by atoms with van der Waals surface area (Å²) in [5.41, 5.74) is 0. The molecule has 0 fully saturated rings. The van der Waals surface area contributed by atoms with Crippen LogP contribution in [0, 0.1) is 0 Å². The molecular weight excluding hydrogens is 172 g/mol. The van der Waals surface area contributed by atoms with Crippen LogP contribution >= 0.6 is 0 Å². The lowest BCUT2D eigenvalue weighted by Crippen LogP contribution is -2.30. The van der Waals surface area contributed by atoms with Crippen molar-refractivity contribution in [2.75, 3.05) is 18.4 Å². The molecule has 0 aliphatic rings. The number of hydrogen-bond donors (Lipinski definition) is 2. The van der Waals surface area contributed by atoms with Gasteiger partial charge in [0.2, 0.25) is 11.9 Å². The molecule has 7 heteroatoms. The van der Waals surface area contributed by atoms with Crippen LogP contribution in [0.25, 0.3) is 0 Å². The molecule has 0 saturated heterocycles. The highest BCUT2D eigenvalue weighted by Crippen LogP contribution is 1.93. The molecule has 0 aliphatic heterocycles. The highest BCUT2D eigenvalue weighted by molar-refractivity contribution is 5.80. The number of anilines is 1. The first-order valence-electron chi connectivity index (χ1n) is 3.97. The van der Waals surface area contributed by atoms with E-state index in [0.717, 1.165) is 0 Å². The predicted octanol–water partition coefficient (Wildman–Crippen LogP) is -1.24. The Morgan fingerprint density at radius 2 is 2.38 bits per heavy atom. The molecule has 1 rings (SSSR count). The number of aryl methyl sites for hydroxylation is 1. The lowest BCUT2D eigenvalue weighted by atomic mass is 10.5. The number of nitrogens with one attached hydrogen (secondary N) is 2. The van der Waals surface area contributed by atoms with Crippen LogP contribution in [0.5, 0.6) is 0 Å². The van der Waals surface area contributed by atoms with Crippen LogP contribution in [0.1, 0.15) is 6.92 Å². The lowest BCUT2D eigenvalue weighted by Gasteiger charge is -2.03. The monoisotopic (exact) mass is 184 g/mol. The van der Waals surface area contributed by atoms with Crippen molar-refractivity contribution in [3.8, 4) is 0 Å². The fraction of sp³-hybridized carbons (Fsp3) is 0.667. The second-order valence-electron chi connectivity index (χ2n) is 2.43. The molecule has 0 saturated carbocycles. The number of nitrogens with zero attached hydrogens (tertiary/aromatic N) is 4. The average Bonchev–Trinajstić information content (AvgIpc) is 2.48. The summed E-state index contributed by atoms with van der Waals surface area (Å²) in [5, 5.41) is 16.1. The largest absolute Gasteiger partial charge is 0.355 e. The Kier molecular flexibility index (Phi) is 3.18. The second kappa shape index (κ2) is 4.39. The van der Waals surface area contributed by atoms with Crippen LogP contribution in [0.3, 0.4) is 0 Å². The third kappa shape index (κ3) is 2.69. The maximum absolute atomic E-state index is 11.0. The summed E-state index contributed by atoms with van der Waals surface area (Å²) in [6.45, 7) is 2.67. The van der Waals surface area contributed by atoms with E-state index in [-0.39, 0.29) is 12.5 Å². The minimum Gasteiger partial charge on any atom is -0.355 e. The van der Waals surface area contributed by atoms with Crippen LogP contribution in [-0.2, 0) is 11.8 Å². The third-order valence-electron chi connectivity index (χ3n) is 1.40. The quantitative estimate of drug-likeness (QED) is 0.611. The standard InChI is InChI=1S/C6H12N6O/c1-3-7-5(13)4-8-6-9-10-11-12(6)2/h3-4H2,1-2H3,(H,7,13)(H,8,9,11). The van der Waals surface area contributed by atoms with Crippen molar-refractivity contribution in [2.45, 2.75) is 6.92 Å². The van der Waals surface area contributed by atoms with Crippen LogP contribution in [0.2, 0.25) is 0 Å². The van der Waals surface area contributed by atoms with E-state index < -0.39 is 0 Å². The summed E-state index contributed by atoms with van der Waals surface area (Å²) in [5.74, 6) is 0.400. The molecule has 1 aromatic heterocycles.